The highest BCUT2D eigenvalue weighted by Gasteiger charge is 2.17. The number of nitrogen functional groups attached to an aromatic ring is 1. The quantitative estimate of drug-likeness (QED) is 0.344. The van der Waals surface area contributed by atoms with Crippen molar-refractivity contribution >= 4 is 79.4 Å². The summed E-state index contributed by atoms with van der Waals surface area (Å²) in [5.74, 6) is -0.931. The molecular formula is C7H4I3NO2. The number of benzene rings is 1. The number of halogens is 3. The van der Waals surface area contributed by atoms with Gasteiger partial charge in [-0.15, -0.1) is 0 Å². The topological polar surface area (TPSA) is 63.3 Å². The zero-order chi connectivity index (χ0) is 10.2. The van der Waals surface area contributed by atoms with Crippen LogP contribution in [0.4, 0.5) is 5.69 Å². The molecule has 6 heteroatoms. The molecule has 0 heterocycles. The highest BCUT2D eigenvalue weighted by Crippen LogP contribution is 2.28. The molecule has 3 nitrogen and oxygen atoms in total. The summed E-state index contributed by atoms with van der Waals surface area (Å²) in [6.45, 7) is 0. The van der Waals surface area contributed by atoms with Crippen LogP contribution < -0.4 is 5.73 Å². The first-order valence-corrected chi connectivity index (χ1v) is 6.35. The van der Waals surface area contributed by atoms with Crippen molar-refractivity contribution in [2.24, 2.45) is 0 Å². The van der Waals surface area contributed by atoms with Crippen molar-refractivity contribution in [1.82, 2.24) is 0 Å². The lowest BCUT2D eigenvalue weighted by Crippen LogP contribution is -2.07. The molecule has 0 saturated carbocycles. The largest absolute Gasteiger partial charge is 0.478 e. The molecular weight excluding hydrogens is 511 g/mol. The summed E-state index contributed by atoms with van der Waals surface area (Å²) in [6.07, 6.45) is 0. The summed E-state index contributed by atoms with van der Waals surface area (Å²) >= 11 is 6.03. The Balaban J connectivity index is 3.56. The number of anilines is 1. The maximum atomic E-state index is 10.9. The van der Waals surface area contributed by atoms with Crippen LogP contribution in [0.2, 0.25) is 0 Å². The molecule has 0 fully saturated rings. The van der Waals surface area contributed by atoms with Gasteiger partial charge in [0.2, 0.25) is 0 Å². The smallest absolute Gasteiger partial charge is 0.337 e. The van der Waals surface area contributed by atoms with Crippen LogP contribution in [0.25, 0.3) is 0 Å². The Morgan fingerprint density at radius 1 is 1.31 bits per heavy atom. The molecule has 0 aliphatic rings. The molecule has 0 spiro atoms. The van der Waals surface area contributed by atoms with Crippen LogP contribution in [-0.4, -0.2) is 11.1 Å². The standard InChI is InChI=1S/C7H4I3NO2/c8-2-1-3(11)6(10)4(5(2)9)7(12)13/h1H,11H2,(H,12,13). The van der Waals surface area contributed by atoms with Gasteiger partial charge >= 0.3 is 5.97 Å². The van der Waals surface area contributed by atoms with Gasteiger partial charge in [0.25, 0.3) is 0 Å². The fourth-order valence-electron chi connectivity index (χ4n) is 0.811. The summed E-state index contributed by atoms with van der Waals surface area (Å²) in [7, 11) is 0. The van der Waals surface area contributed by atoms with Crippen molar-refractivity contribution in [3.8, 4) is 0 Å². The van der Waals surface area contributed by atoms with E-state index in [0.29, 0.717) is 14.8 Å². The Kier molecular flexibility index (Phi) is 4.04. The molecule has 0 atom stereocenters. The van der Waals surface area contributed by atoms with Crippen molar-refractivity contribution in [2.75, 3.05) is 5.73 Å². The molecule has 0 unspecified atom stereocenters. The van der Waals surface area contributed by atoms with Gasteiger partial charge in [-0.1, -0.05) is 0 Å². The Bertz CT molecular complexity index is 352. The minimum atomic E-state index is -0.931. The first kappa shape index (κ1) is 11.8. The average molecular weight is 515 g/mol. The highest BCUT2D eigenvalue weighted by molar-refractivity contribution is 14.1. The second-order valence-corrected chi connectivity index (χ2v) is 5.58. The zero-order valence-electron chi connectivity index (χ0n) is 6.14. The van der Waals surface area contributed by atoms with E-state index in [4.69, 9.17) is 10.8 Å². The van der Waals surface area contributed by atoms with Gasteiger partial charge in [0, 0.05) is 12.8 Å². The van der Waals surface area contributed by atoms with Crippen LogP contribution in [0.15, 0.2) is 6.07 Å². The molecule has 13 heavy (non-hydrogen) atoms. The van der Waals surface area contributed by atoms with Crippen molar-refractivity contribution in [3.63, 3.8) is 0 Å². The number of hydrogen-bond donors (Lipinski definition) is 2. The van der Waals surface area contributed by atoms with E-state index in [2.05, 4.69) is 22.6 Å². The number of carboxylic acid groups (broad SMARTS) is 1. The van der Waals surface area contributed by atoms with Crippen molar-refractivity contribution in [3.05, 3.63) is 22.3 Å². The third kappa shape index (κ3) is 2.37. The molecule has 0 radical (unpaired) electrons. The Morgan fingerprint density at radius 3 is 2.31 bits per heavy atom. The lowest BCUT2D eigenvalue weighted by molar-refractivity contribution is 0.0694. The van der Waals surface area contributed by atoms with Gasteiger partial charge in [-0.3, -0.25) is 0 Å². The molecule has 1 rings (SSSR count). The lowest BCUT2D eigenvalue weighted by atomic mass is 10.2. The minimum absolute atomic E-state index is 0.297. The molecule has 3 N–H and O–H groups in total. The molecule has 0 saturated heterocycles. The monoisotopic (exact) mass is 515 g/mol. The van der Waals surface area contributed by atoms with Gasteiger partial charge in [0.1, 0.15) is 0 Å². The minimum Gasteiger partial charge on any atom is -0.478 e. The van der Waals surface area contributed by atoms with Crippen molar-refractivity contribution < 1.29 is 9.90 Å². The fourth-order valence-corrected chi connectivity index (χ4v) is 3.24. The van der Waals surface area contributed by atoms with E-state index in [-0.39, 0.29) is 0 Å². The summed E-state index contributed by atoms with van der Waals surface area (Å²) < 4.78 is 2.22. The number of carbonyl (C=O) groups is 1. The molecule has 0 aliphatic carbocycles. The summed E-state index contributed by atoms with van der Waals surface area (Å²) in [5.41, 5.74) is 6.46. The van der Waals surface area contributed by atoms with Gasteiger partial charge in [-0.05, 0) is 73.8 Å². The maximum absolute atomic E-state index is 10.9. The zero-order valence-corrected chi connectivity index (χ0v) is 12.6. The third-order valence-corrected chi connectivity index (χ3v) is 5.56. The molecule has 0 aliphatic heterocycles. The molecule has 0 bridgehead atoms. The van der Waals surface area contributed by atoms with Crippen molar-refractivity contribution in [1.29, 1.82) is 0 Å². The maximum Gasteiger partial charge on any atom is 0.337 e. The van der Waals surface area contributed by atoms with E-state index in [0.717, 1.165) is 7.14 Å². The predicted octanol–water partition coefficient (Wildman–Crippen LogP) is 2.78. The normalized spacial score (nSPS) is 10.1. The van der Waals surface area contributed by atoms with Gasteiger partial charge in [-0.2, -0.15) is 0 Å². The fraction of sp³-hybridized carbons (Fsp3) is 0. The van der Waals surface area contributed by atoms with E-state index in [1.54, 1.807) is 6.07 Å². The number of hydrogen-bond acceptors (Lipinski definition) is 2. The Labute approximate surface area is 116 Å². The lowest BCUT2D eigenvalue weighted by Gasteiger charge is -2.07. The molecule has 0 amide bonds. The Hall–Kier alpha value is 0.680. The van der Waals surface area contributed by atoms with E-state index >= 15 is 0 Å². The van der Waals surface area contributed by atoms with E-state index in [1.165, 1.54) is 0 Å². The van der Waals surface area contributed by atoms with E-state index < -0.39 is 5.97 Å². The molecule has 1 aromatic carbocycles. The summed E-state index contributed by atoms with van der Waals surface area (Å²) in [5, 5.41) is 8.93. The van der Waals surface area contributed by atoms with Crippen LogP contribution >= 0.6 is 67.8 Å². The van der Waals surface area contributed by atoms with Gasteiger partial charge in [0.15, 0.2) is 0 Å². The summed E-state index contributed by atoms with van der Waals surface area (Å²) in [4.78, 5) is 10.9. The summed E-state index contributed by atoms with van der Waals surface area (Å²) in [6, 6.07) is 1.77. The number of nitrogens with two attached hydrogens (primary N) is 1. The first-order valence-electron chi connectivity index (χ1n) is 3.11. The number of aromatic carboxylic acids is 1. The van der Waals surface area contributed by atoms with Gasteiger partial charge in [-0.25, -0.2) is 4.79 Å². The van der Waals surface area contributed by atoms with Crippen LogP contribution in [0.5, 0.6) is 0 Å². The average Bonchev–Trinajstić information content (AvgIpc) is 2.01. The molecule has 0 aromatic heterocycles. The first-order chi connectivity index (χ1) is 5.95. The van der Waals surface area contributed by atoms with Crippen LogP contribution in [0.3, 0.4) is 0 Å². The Morgan fingerprint density at radius 2 is 1.85 bits per heavy atom. The van der Waals surface area contributed by atoms with Gasteiger partial charge in [0.05, 0.1) is 9.13 Å². The third-order valence-electron chi connectivity index (χ3n) is 1.40. The molecule has 1 aromatic rings. The van der Waals surface area contributed by atoms with Crippen LogP contribution in [0, 0.1) is 10.7 Å². The van der Waals surface area contributed by atoms with Gasteiger partial charge < -0.3 is 10.8 Å². The predicted molar refractivity (Wildman–Crippen MR) is 76.0 cm³/mol. The second-order valence-electron chi connectivity index (χ2n) is 2.26. The number of rotatable bonds is 1. The van der Waals surface area contributed by atoms with Crippen molar-refractivity contribution in [2.45, 2.75) is 0 Å². The van der Waals surface area contributed by atoms with E-state index in [9.17, 15) is 4.79 Å². The van der Waals surface area contributed by atoms with E-state index in [1.807, 2.05) is 45.2 Å². The van der Waals surface area contributed by atoms with Crippen LogP contribution in [0.1, 0.15) is 10.4 Å². The second kappa shape index (κ2) is 4.47. The SMILES string of the molecule is Nc1cc(I)c(I)c(C(=O)O)c1I. The van der Waals surface area contributed by atoms with Crippen LogP contribution in [-0.2, 0) is 0 Å². The number of carboxylic acids is 1. The molecule has 70 valence electrons. The highest BCUT2D eigenvalue weighted by atomic mass is 127.